The summed E-state index contributed by atoms with van der Waals surface area (Å²) in [7, 11) is 1.54. The Bertz CT molecular complexity index is 491. The van der Waals surface area contributed by atoms with Crippen molar-refractivity contribution in [2.24, 2.45) is 0 Å². The van der Waals surface area contributed by atoms with Gasteiger partial charge in [0.1, 0.15) is 11.5 Å². The van der Waals surface area contributed by atoms with Crippen LogP contribution in [0.2, 0.25) is 0 Å². The van der Waals surface area contributed by atoms with Crippen molar-refractivity contribution in [3.8, 4) is 0 Å². The molecule has 2 rings (SSSR count). The Morgan fingerprint density at radius 2 is 2.09 bits per heavy atom. The van der Waals surface area contributed by atoms with Crippen molar-refractivity contribution in [1.82, 2.24) is 9.88 Å². The molecule has 1 aliphatic rings. The van der Waals surface area contributed by atoms with E-state index in [-0.39, 0.29) is 11.9 Å². The van der Waals surface area contributed by atoms with E-state index < -0.39 is 18.0 Å². The number of pyridine rings is 1. The largest absolute Gasteiger partial charge is 0.433 e. The average molecular weight is 333 g/mol. The Morgan fingerprint density at radius 1 is 1.39 bits per heavy atom. The highest BCUT2D eigenvalue weighted by atomic mass is 19.4. The topological polar surface area (TPSA) is 57.6 Å². The number of aliphatic hydroxyl groups excluding tert-OH is 1. The highest BCUT2D eigenvalue weighted by Gasteiger charge is 2.32. The van der Waals surface area contributed by atoms with Crippen LogP contribution in [-0.2, 0) is 10.9 Å². The maximum absolute atomic E-state index is 12.7. The van der Waals surface area contributed by atoms with Crippen LogP contribution in [0.5, 0.6) is 0 Å². The number of anilines is 1. The highest BCUT2D eigenvalue weighted by molar-refractivity contribution is 5.37. The van der Waals surface area contributed by atoms with Gasteiger partial charge < -0.3 is 20.1 Å². The summed E-state index contributed by atoms with van der Waals surface area (Å²) in [6.45, 7) is 2.39. The Hall–Kier alpha value is -1.38. The van der Waals surface area contributed by atoms with E-state index >= 15 is 0 Å². The van der Waals surface area contributed by atoms with Gasteiger partial charge in [-0.3, -0.25) is 0 Å². The number of nitrogens with zero attached hydrogens (tertiary/aromatic N) is 2. The van der Waals surface area contributed by atoms with Gasteiger partial charge in [0.15, 0.2) is 0 Å². The van der Waals surface area contributed by atoms with Gasteiger partial charge in [-0.15, -0.1) is 0 Å². The van der Waals surface area contributed by atoms with E-state index in [0.29, 0.717) is 13.2 Å². The molecule has 0 aromatic carbocycles. The van der Waals surface area contributed by atoms with E-state index in [0.717, 1.165) is 32.0 Å². The number of hydrogen-bond acceptors (Lipinski definition) is 5. The third-order valence-electron chi connectivity index (χ3n) is 3.81. The second-order valence-corrected chi connectivity index (χ2v) is 5.73. The van der Waals surface area contributed by atoms with Gasteiger partial charge >= 0.3 is 6.18 Å². The lowest BCUT2D eigenvalue weighted by Gasteiger charge is -2.33. The number of piperidine rings is 1. The van der Waals surface area contributed by atoms with E-state index in [1.165, 1.54) is 6.07 Å². The van der Waals surface area contributed by atoms with Crippen LogP contribution in [0, 0.1) is 0 Å². The molecule has 23 heavy (non-hydrogen) atoms. The van der Waals surface area contributed by atoms with E-state index in [4.69, 9.17) is 4.74 Å². The zero-order valence-electron chi connectivity index (χ0n) is 13.0. The number of β-amino-alcohol motifs (C(OH)–C–C–N with tert-alkyl or cyclic N) is 1. The molecule has 2 N–H and O–H groups in total. The molecule has 1 saturated heterocycles. The fourth-order valence-electron chi connectivity index (χ4n) is 2.69. The fraction of sp³-hybridized carbons (Fsp3) is 0.667. The molecule has 0 bridgehead atoms. The molecule has 130 valence electrons. The third-order valence-corrected chi connectivity index (χ3v) is 3.81. The Kier molecular flexibility index (Phi) is 6.20. The van der Waals surface area contributed by atoms with Crippen LogP contribution in [0.1, 0.15) is 18.5 Å². The van der Waals surface area contributed by atoms with Gasteiger partial charge in [0.25, 0.3) is 0 Å². The number of nitrogens with one attached hydrogen (secondary N) is 1. The van der Waals surface area contributed by atoms with E-state index in [1.54, 1.807) is 13.2 Å². The maximum atomic E-state index is 12.7. The summed E-state index contributed by atoms with van der Waals surface area (Å²) < 4.78 is 42.8. The molecule has 1 aromatic rings. The average Bonchev–Trinajstić information content (AvgIpc) is 2.49. The summed E-state index contributed by atoms with van der Waals surface area (Å²) in [6.07, 6.45) is -3.37. The number of aromatic nitrogens is 1. The number of alkyl halides is 3. The van der Waals surface area contributed by atoms with Crippen molar-refractivity contribution < 1.29 is 23.0 Å². The monoisotopic (exact) mass is 333 g/mol. The number of hydrogen-bond donors (Lipinski definition) is 2. The molecule has 0 amide bonds. The number of ether oxygens (including phenoxy) is 1. The minimum atomic E-state index is -4.43. The molecule has 1 atom stereocenters. The van der Waals surface area contributed by atoms with Crippen LogP contribution in [0.25, 0.3) is 0 Å². The minimum absolute atomic E-state index is 0.0850. The first-order valence-corrected chi connectivity index (χ1v) is 7.58. The molecule has 0 spiro atoms. The summed E-state index contributed by atoms with van der Waals surface area (Å²) in [4.78, 5) is 5.75. The molecule has 8 heteroatoms. The van der Waals surface area contributed by atoms with Crippen LogP contribution >= 0.6 is 0 Å². The fourth-order valence-corrected chi connectivity index (χ4v) is 2.69. The van der Waals surface area contributed by atoms with Crippen molar-refractivity contribution >= 4 is 5.82 Å². The Balaban J connectivity index is 1.82. The van der Waals surface area contributed by atoms with Crippen LogP contribution in [0.3, 0.4) is 0 Å². The van der Waals surface area contributed by atoms with Crippen LogP contribution in [0.4, 0.5) is 19.0 Å². The molecule has 1 aromatic heterocycles. The van der Waals surface area contributed by atoms with Crippen molar-refractivity contribution in [3.05, 3.63) is 23.9 Å². The van der Waals surface area contributed by atoms with E-state index in [9.17, 15) is 18.3 Å². The minimum Gasteiger partial charge on any atom is -0.389 e. The van der Waals surface area contributed by atoms with E-state index in [2.05, 4.69) is 15.2 Å². The molecule has 2 heterocycles. The third kappa shape index (κ3) is 5.63. The van der Waals surface area contributed by atoms with Gasteiger partial charge in [0.2, 0.25) is 0 Å². The van der Waals surface area contributed by atoms with Gasteiger partial charge in [-0.05, 0) is 25.0 Å². The maximum Gasteiger partial charge on any atom is 0.433 e. The van der Waals surface area contributed by atoms with E-state index in [1.807, 2.05) is 0 Å². The number of rotatable bonds is 6. The predicted molar refractivity (Wildman–Crippen MR) is 80.2 cm³/mol. The van der Waals surface area contributed by atoms with Crippen molar-refractivity contribution in [1.29, 1.82) is 0 Å². The second-order valence-electron chi connectivity index (χ2n) is 5.73. The Labute approximate surface area is 133 Å². The summed E-state index contributed by atoms with van der Waals surface area (Å²) in [6, 6.07) is 3.95. The SMILES string of the molecule is COCC(O)CN1CCC(Nc2cccc(C(F)(F)F)n2)CC1. The van der Waals surface area contributed by atoms with Crippen molar-refractivity contribution in [3.63, 3.8) is 0 Å². The molecule has 1 fully saturated rings. The van der Waals surface area contributed by atoms with Crippen molar-refractivity contribution in [2.75, 3.05) is 38.7 Å². The van der Waals surface area contributed by atoms with Crippen molar-refractivity contribution in [2.45, 2.75) is 31.2 Å². The number of likely N-dealkylation sites (tertiary alicyclic amines) is 1. The predicted octanol–water partition coefficient (Wildman–Crippen LogP) is 1.98. The van der Waals surface area contributed by atoms with Crippen LogP contribution in [-0.4, -0.2) is 60.5 Å². The zero-order chi connectivity index (χ0) is 16.9. The Morgan fingerprint density at radius 3 is 2.70 bits per heavy atom. The first-order chi connectivity index (χ1) is 10.9. The lowest BCUT2D eigenvalue weighted by atomic mass is 10.0. The molecule has 0 radical (unpaired) electrons. The summed E-state index contributed by atoms with van der Waals surface area (Å²) in [5.74, 6) is 0.248. The number of halogens is 3. The molecule has 5 nitrogen and oxygen atoms in total. The molecule has 0 aliphatic carbocycles. The highest BCUT2D eigenvalue weighted by Crippen LogP contribution is 2.28. The first kappa shape index (κ1) is 18.0. The van der Waals surface area contributed by atoms with Gasteiger partial charge in [0, 0.05) is 32.8 Å². The zero-order valence-corrected chi connectivity index (χ0v) is 13.0. The molecule has 1 unspecified atom stereocenters. The lowest BCUT2D eigenvalue weighted by molar-refractivity contribution is -0.141. The smallest absolute Gasteiger partial charge is 0.389 e. The summed E-state index contributed by atoms with van der Waals surface area (Å²) in [5, 5.41) is 12.8. The summed E-state index contributed by atoms with van der Waals surface area (Å²) >= 11 is 0. The van der Waals surface area contributed by atoms with Gasteiger partial charge in [-0.25, -0.2) is 4.98 Å². The van der Waals surface area contributed by atoms with Gasteiger partial charge in [-0.2, -0.15) is 13.2 Å². The summed E-state index contributed by atoms with van der Waals surface area (Å²) in [5.41, 5.74) is -0.886. The van der Waals surface area contributed by atoms with Crippen LogP contribution in [0.15, 0.2) is 18.2 Å². The molecular formula is C15H22F3N3O2. The number of aliphatic hydroxyl groups is 1. The van der Waals surface area contributed by atoms with Gasteiger partial charge in [-0.1, -0.05) is 6.07 Å². The molecule has 0 saturated carbocycles. The molecule has 1 aliphatic heterocycles. The van der Waals surface area contributed by atoms with Crippen LogP contribution < -0.4 is 5.32 Å². The number of methoxy groups -OCH3 is 1. The quantitative estimate of drug-likeness (QED) is 0.834. The standard InChI is InChI=1S/C15H22F3N3O2/c1-23-10-12(22)9-21-7-5-11(6-8-21)19-14-4-2-3-13(20-14)15(16,17)18/h2-4,11-12,22H,5-10H2,1H3,(H,19,20). The first-order valence-electron chi connectivity index (χ1n) is 7.58. The normalized spacial score (nSPS) is 18.8. The molecular weight excluding hydrogens is 311 g/mol. The van der Waals surface area contributed by atoms with Gasteiger partial charge in [0.05, 0.1) is 12.7 Å². The lowest BCUT2D eigenvalue weighted by Crippen LogP contribution is -2.43. The second kappa shape index (κ2) is 7.94.